The zero-order valence-corrected chi connectivity index (χ0v) is 17.9. The Bertz CT molecular complexity index is 1130. The summed E-state index contributed by atoms with van der Waals surface area (Å²) >= 11 is 0. The SMILES string of the molecule is O=C(N[C@@H](Cc1ccccc1)C(=O)c1ccncn1)OC(c1ccccc1)c1ccccc1. The van der Waals surface area contributed by atoms with Crippen molar-refractivity contribution in [2.45, 2.75) is 18.6 Å². The van der Waals surface area contributed by atoms with E-state index in [4.69, 9.17) is 4.74 Å². The van der Waals surface area contributed by atoms with E-state index in [0.717, 1.165) is 16.7 Å². The van der Waals surface area contributed by atoms with Gasteiger partial charge in [-0.15, -0.1) is 0 Å². The zero-order chi connectivity index (χ0) is 22.9. The second-order valence-electron chi connectivity index (χ2n) is 7.45. The van der Waals surface area contributed by atoms with E-state index in [2.05, 4.69) is 15.3 Å². The molecule has 33 heavy (non-hydrogen) atoms. The maximum absolute atomic E-state index is 13.1. The highest BCUT2D eigenvalue weighted by Gasteiger charge is 2.26. The number of benzene rings is 3. The molecular formula is C27H23N3O3. The molecule has 3 aromatic carbocycles. The fraction of sp³-hybridized carbons (Fsp3) is 0.111. The molecule has 4 rings (SSSR count). The summed E-state index contributed by atoms with van der Waals surface area (Å²) in [5.74, 6) is -0.311. The highest BCUT2D eigenvalue weighted by molar-refractivity contribution is 6.00. The van der Waals surface area contributed by atoms with Crippen molar-refractivity contribution in [1.29, 1.82) is 0 Å². The van der Waals surface area contributed by atoms with E-state index in [9.17, 15) is 9.59 Å². The number of ketones is 1. The van der Waals surface area contributed by atoms with Gasteiger partial charge in [0.2, 0.25) is 5.78 Å². The maximum Gasteiger partial charge on any atom is 0.408 e. The maximum atomic E-state index is 13.1. The Morgan fingerprint density at radius 1 is 0.788 bits per heavy atom. The summed E-state index contributed by atoms with van der Waals surface area (Å²) in [5, 5.41) is 2.76. The van der Waals surface area contributed by atoms with Gasteiger partial charge in [-0.05, 0) is 22.8 Å². The third-order valence-electron chi connectivity index (χ3n) is 5.16. The molecule has 0 aliphatic carbocycles. The van der Waals surface area contributed by atoms with E-state index < -0.39 is 18.2 Å². The largest absolute Gasteiger partial charge is 0.436 e. The standard InChI is InChI=1S/C27H23N3O3/c31-25(23-16-17-28-19-29-23)24(18-20-10-4-1-5-11-20)30-27(32)33-26(21-12-6-2-7-13-21)22-14-8-3-9-15-22/h1-17,19,24,26H,18H2,(H,30,32)/t24-/m0/s1. The third kappa shape index (κ3) is 5.89. The highest BCUT2D eigenvalue weighted by Crippen LogP contribution is 2.26. The van der Waals surface area contributed by atoms with Crippen LogP contribution in [0.15, 0.2) is 110 Å². The Balaban J connectivity index is 1.56. The predicted octanol–water partition coefficient (Wildman–Crippen LogP) is 4.79. The van der Waals surface area contributed by atoms with Gasteiger partial charge in [-0.25, -0.2) is 14.8 Å². The number of ether oxygens (including phenoxy) is 1. The Morgan fingerprint density at radius 2 is 1.36 bits per heavy atom. The molecule has 164 valence electrons. The first-order chi connectivity index (χ1) is 16.2. The summed E-state index contributed by atoms with van der Waals surface area (Å²) < 4.78 is 5.84. The number of carbonyl (C=O) groups is 2. The number of nitrogens with one attached hydrogen (secondary N) is 1. The van der Waals surface area contributed by atoms with Crippen molar-refractivity contribution in [3.63, 3.8) is 0 Å². The summed E-state index contributed by atoms with van der Waals surface area (Å²) in [5.41, 5.74) is 2.81. The second kappa shape index (κ2) is 10.8. The normalized spacial score (nSPS) is 11.5. The molecule has 0 saturated carbocycles. The van der Waals surface area contributed by atoms with Crippen LogP contribution in [-0.2, 0) is 11.2 Å². The van der Waals surface area contributed by atoms with E-state index in [1.54, 1.807) is 0 Å². The van der Waals surface area contributed by atoms with Gasteiger partial charge in [0.1, 0.15) is 18.1 Å². The van der Waals surface area contributed by atoms with E-state index in [-0.39, 0.29) is 11.5 Å². The third-order valence-corrected chi connectivity index (χ3v) is 5.16. The van der Waals surface area contributed by atoms with Crippen LogP contribution in [-0.4, -0.2) is 27.9 Å². The number of alkyl carbamates (subject to hydrolysis) is 1. The summed E-state index contributed by atoms with van der Waals surface area (Å²) in [6.45, 7) is 0. The molecule has 0 spiro atoms. The average molecular weight is 437 g/mol. The molecule has 0 fully saturated rings. The Kier molecular flexibility index (Phi) is 7.18. The van der Waals surface area contributed by atoms with Crippen molar-refractivity contribution in [3.05, 3.63) is 132 Å². The van der Waals surface area contributed by atoms with Crippen molar-refractivity contribution in [1.82, 2.24) is 15.3 Å². The zero-order valence-electron chi connectivity index (χ0n) is 17.9. The molecule has 1 aromatic heterocycles. The number of amides is 1. The van der Waals surface area contributed by atoms with Crippen LogP contribution in [0.4, 0.5) is 4.79 Å². The summed E-state index contributed by atoms with van der Waals surface area (Å²) in [6.07, 6.45) is 1.82. The molecule has 0 bridgehead atoms. The van der Waals surface area contributed by atoms with Crippen molar-refractivity contribution in [3.8, 4) is 0 Å². The minimum absolute atomic E-state index is 0.230. The topological polar surface area (TPSA) is 81.2 Å². The number of carbonyl (C=O) groups excluding carboxylic acids is 2. The molecule has 0 aliphatic heterocycles. The summed E-state index contributed by atoms with van der Waals surface area (Å²) in [4.78, 5) is 34.1. The van der Waals surface area contributed by atoms with Crippen molar-refractivity contribution < 1.29 is 14.3 Å². The van der Waals surface area contributed by atoms with Gasteiger partial charge >= 0.3 is 6.09 Å². The summed E-state index contributed by atoms with van der Waals surface area (Å²) in [6, 6.07) is 29.2. The molecule has 0 unspecified atom stereocenters. The quantitative estimate of drug-likeness (QED) is 0.401. The van der Waals surface area contributed by atoms with Crippen LogP contribution < -0.4 is 5.32 Å². The van der Waals surface area contributed by atoms with Gasteiger partial charge in [-0.1, -0.05) is 91.0 Å². The molecule has 1 amide bonds. The lowest BCUT2D eigenvalue weighted by Gasteiger charge is -2.22. The lowest BCUT2D eigenvalue weighted by Crippen LogP contribution is -2.43. The van der Waals surface area contributed by atoms with Crippen LogP contribution in [0, 0.1) is 0 Å². The number of hydrogen-bond donors (Lipinski definition) is 1. The van der Waals surface area contributed by atoms with Crippen LogP contribution in [0.5, 0.6) is 0 Å². The first-order valence-electron chi connectivity index (χ1n) is 10.6. The number of aromatic nitrogens is 2. The highest BCUT2D eigenvalue weighted by atomic mass is 16.6. The van der Waals surface area contributed by atoms with Crippen LogP contribution in [0.3, 0.4) is 0 Å². The van der Waals surface area contributed by atoms with Gasteiger partial charge in [0.15, 0.2) is 6.10 Å². The van der Waals surface area contributed by atoms with Gasteiger partial charge < -0.3 is 10.1 Å². The minimum Gasteiger partial charge on any atom is -0.436 e. The minimum atomic E-state index is -0.845. The molecule has 6 nitrogen and oxygen atoms in total. The first kappa shape index (κ1) is 21.9. The Morgan fingerprint density at radius 3 is 1.91 bits per heavy atom. The van der Waals surface area contributed by atoms with Crippen LogP contribution >= 0.6 is 0 Å². The molecule has 0 saturated heterocycles. The van der Waals surface area contributed by atoms with Crippen LogP contribution in [0.2, 0.25) is 0 Å². The van der Waals surface area contributed by atoms with Gasteiger partial charge in [0.05, 0.1) is 0 Å². The number of Topliss-reactive ketones (excluding diaryl/α,β-unsaturated/α-hetero) is 1. The van der Waals surface area contributed by atoms with Crippen molar-refractivity contribution >= 4 is 11.9 Å². The van der Waals surface area contributed by atoms with Gasteiger partial charge in [-0.2, -0.15) is 0 Å². The molecular weight excluding hydrogens is 414 g/mol. The molecule has 1 N–H and O–H groups in total. The van der Waals surface area contributed by atoms with Gasteiger partial charge in [-0.3, -0.25) is 4.79 Å². The Hall–Kier alpha value is -4.32. The van der Waals surface area contributed by atoms with E-state index in [1.165, 1.54) is 18.6 Å². The fourth-order valence-corrected chi connectivity index (χ4v) is 3.54. The van der Waals surface area contributed by atoms with Crippen LogP contribution in [0.1, 0.15) is 33.3 Å². The van der Waals surface area contributed by atoms with Crippen LogP contribution in [0.25, 0.3) is 0 Å². The van der Waals surface area contributed by atoms with Crippen molar-refractivity contribution in [2.24, 2.45) is 0 Å². The average Bonchev–Trinajstić information content (AvgIpc) is 2.88. The lowest BCUT2D eigenvalue weighted by atomic mass is 10.0. The van der Waals surface area contributed by atoms with Gasteiger partial charge in [0, 0.05) is 12.6 Å². The van der Waals surface area contributed by atoms with E-state index in [1.807, 2.05) is 91.0 Å². The molecule has 0 radical (unpaired) electrons. The lowest BCUT2D eigenvalue weighted by molar-refractivity contribution is 0.0885. The van der Waals surface area contributed by atoms with Crippen molar-refractivity contribution in [2.75, 3.05) is 0 Å². The molecule has 1 atom stereocenters. The molecule has 0 aliphatic rings. The monoisotopic (exact) mass is 437 g/mol. The molecule has 1 heterocycles. The fourth-order valence-electron chi connectivity index (χ4n) is 3.54. The second-order valence-corrected chi connectivity index (χ2v) is 7.45. The number of nitrogens with zero attached hydrogens (tertiary/aromatic N) is 2. The summed E-state index contributed by atoms with van der Waals surface area (Å²) in [7, 11) is 0. The van der Waals surface area contributed by atoms with E-state index in [0.29, 0.717) is 6.42 Å². The molecule has 4 aromatic rings. The molecule has 6 heteroatoms. The van der Waals surface area contributed by atoms with E-state index >= 15 is 0 Å². The first-order valence-corrected chi connectivity index (χ1v) is 10.6. The number of rotatable bonds is 8. The smallest absolute Gasteiger partial charge is 0.408 e. The Labute approximate surface area is 192 Å². The van der Waals surface area contributed by atoms with Gasteiger partial charge in [0.25, 0.3) is 0 Å². The number of hydrogen-bond acceptors (Lipinski definition) is 5. The predicted molar refractivity (Wildman–Crippen MR) is 125 cm³/mol.